The number of unbranched alkanes of at least 4 members (excludes halogenated alkanes) is 1. The molecule has 1 aliphatic rings. The van der Waals surface area contributed by atoms with Crippen LogP contribution in [0.3, 0.4) is 0 Å². The first-order chi connectivity index (χ1) is 15.8. The summed E-state index contributed by atoms with van der Waals surface area (Å²) in [6.07, 6.45) is 7.86. The second-order valence-corrected chi connectivity index (χ2v) is 8.94. The van der Waals surface area contributed by atoms with Gasteiger partial charge in [0.15, 0.2) is 5.78 Å². The maximum Gasteiger partial charge on any atom is 0.159 e. The van der Waals surface area contributed by atoms with Gasteiger partial charge in [0.25, 0.3) is 0 Å². The van der Waals surface area contributed by atoms with Gasteiger partial charge in [-0.3, -0.25) is 9.79 Å². The monoisotopic (exact) mass is 451 g/mol. The summed E-state index contributed by atoms with van der Waals surface area (Å²) in [6.45, 7) is 17.0. The van der Waals surface area contributed by atoms with Crippen LogP contribution in [-0.2, 0) is 12.8 Å². The van der Waals surface area contributed by atoms with E-state index in [0.29, 0.717) is 0 Å². The van der Waals surface area contributed by atoms with Gasteiger partial charge in [-0.05, 0) is 114 Å². The Balaban J connectivity index is 0.000000520. The van der Waals surface area contributed by atoms with Crippen molar-refractivity contribution in [2.75, 3.05) is 20.6 Å². The van der Waals surface area contributed by atoms with Crippen LogP contribution in [0.4, 0.5) is 0 Å². The third-order valence-corrected chi connectivity index (χ3v) is 5.81. The first kappa shape index (κ1) is 28.6. The Morgan fingerprint density at radius 2 is 1.85 bits per heavy atom. The van der Waals surface area contributed by atoms with E-state index in [1.54, 1.807) is 6.92 Å². The Bertz CT molecular complexity index is 904. The van der Waals surface area contributed by atoms with Crippen molar-refractivity contribution in [2.45, 2.75) is 73.6 Å². The zero-order valence-corrected chi connectivity index (χ0v) is 22.2. The molecule has 0 radical (unpaired) electrons. The normalized spacial score (nSPS) is 15.1. The molecule has 0 N–H and O–H groups in total. The first-order valence-electron chi connectivity index (χ1n) is 12.4. The molecule has 3 rings (SSSR count). The van der Waals surface area contributed by atoms with E-state index < -0.39 is 0 Å². The number of aromatic nitrogens is 1. The molecule has 1 aromatic heterocycles. The third kappa shape index (κ3) is 8.43. The van der Waals surface area contributed by atoms with E-state index in [0.717, 1.165) is 41.3 Å². The van der Waals surface area contributed by atoms with E-state index in [1.807, 2.05) is 44.3 Å². The third-order valence-electron chi connectivity index (χ3n) is 5.81. The number of allylic oxidation sites excluding steroid dienone is 1. The predicted octanol–water partition coefficient (Wildman–Crippen LogP) is 7.24. The van der Waals surface area contributed by atoms with Crippen LogP contribution in [0.1, 0.15) is 88.1 Å². The SMILES string of the molecule is C=N/C=C(\C)c1cc2c(n1-c1ccc(C(C)=O)cc1)CCC(C)C2.CC.CCCCN(C)C. The van der Waals surface area contributed by atoms with Crippen LogP contribution in [0, 0.1) is 5.92 Å². The van der Waals surface area contributed by atoms with Gasteiger partial charge in [-0.15, -0.1) is 0 Å². The predicted molar refractivity (Wildman–Crippen MR) is 145 cm³/mol. The van der Waals surface area contributed by atoms with Gasteiger partial charge < -0.3 is 9.47 Å². The number of rotatable bonds is 7. The van der Waals surface area contributed by atoms with Gasteiger partial charge >= 0.3 is 0 Å². The smallest absolute Gasteiger partial charge is 0.159 e. The summed E-state index contributed by atoms with van der Waals surface area (Å²) in [5, 5.41) is 0. The lowest BCUT2D eigenvalue weighted by atomic mass is 9.89. The standard InChI is InChI=1S/C21H24N2O.C6H15N.C2H6/c1-14-5-10-20-18(11-14)12-21(15(2)13-22-4)23(20)19-8-6-17(7-9-19)16(3)24;1-4-5-6-7(2)3;1-2/h6-9,12-14H,4-5,10-11H2,1-3H3;4-6H2,1-3H3;1-2H3/b15-13+;;. The maximum atomic E-state index is 11.5. The lowest BCUT2D eigenvalue weighted by Gasteiger charge is -2.21. The average Bonchev–Trinajstić information content (AvgIpc) is 3.18. The highest BCUT2D eigenvalue weighted by Crippen LogP contribution is 2.33. The van der Waals surface area contributed by atoms with Crippen LogP contribution in [0.5, 0.6) is 0 Å². The van der Waals surface area contributed by atoms with E-state index in [1.165, 1.54) is 37.1 Å². The molecule has 33 heavy (non-hydrogen) atoms. The van der Waals surface area contributed by atoms with E-state index in [2.05, 4.69) is 62.1 Å². The van der Waals surface area contributed by atoms with Crippen molar-refractivity contribution in [1.29, 1.82) is 0 Å². The molecule has 0 amide bonds. The zero-order chi connectivity index (χ0) is 25.0. The zero-order valence-electron chi connectivity index (χ0n) is 22.2. The highest BCUT2D eigenvalue weighted by molar-refractivity contribution is 5.94. The Hall–Kier alpha value is -2.46. The number of benzene rings is 1. The van der Waals surface area contributed by atoms with Crippen LogP contribution in [-0.4, -0.2) is 42.6 Å². The summed E-state index contributed by atoms with van der Waals surface area (Å²) in [7, 11) is 4.21. The van der Waals surface area contributed by atoms with Crippen LogP contribution < -0.4 is 0 Å². The Morgan fingerprint density at radius 3 is 2.33 bits per heavy atom. The Labute approximate surface area is 202 Å². The van der Waals surface area contributed by atoms with Crippen molar-refractivity contribution in [3.8, 4) is 5.69 Å². The molecule has 0 aliphatic heterocycles. The molecule has 4 heteroatoms. The number of fused-ring (bicyclic) bond motifs is 1. The minimum absolute atomic E-state index is 0.0945. The number of carbonyl (C=O) groups excluding carboxylic acids is 1. The molecule has 1 heterocycles. The summed E-state index contributed by atoms with van der Waals surface area (Å²) in [5.41, 5.74) is 6.92. The number of hydrogen-bond acceptors (Lipinski definition) is 3. The maximum absolute atomic E-state index is 11.5. The van der Waals surface area contributed by atoms with Crippen LogP contribution in [0.2, 0.25) is 0 Å². The first-order valence-corrected chi connectivity index (χ1v) is 12.4. The fraction of sp³-hybridized carbons (Fsp3) is 0.517. The average molecular weight is 452 g/mol. The van der Waals surface area contributed by atoms with E-state index in [-0.39, 0.29) is 5.78 Å². The van der Waals surface area contributed by atoms with Crippen molar-refractivity contribution >= 4 is 18.1 Å². The van der Waals surface area contributed by atoms with Gasteiger partial charge in [0.2, 0.25) is 0 Å². The van der Waals surface area contributed by atoms with Crippen molar-refractivity contribution in [2.24, 2.45) is 10.9 Å². The summed E-state index contributed by atoms with van der Waals surface area (Å²) in [6, 6.07) is 10.2. The Kier molecular flexibility index (Phi) is 12.7. The molecule has 2 aromatic rings. The number of carbonyl (C=O) groups is 1. The van der Waals surface area contributed by atoms with E-state index >= 15 is 0 Å². The number of ketones is 1. The molecule has 182 valence electrons. The second-order valence-electron chi connectivity index (χ2n) is 8.94. The molecule has 4 nitrogen and oxygen atoms in total. The molecule has 1 aliphatic carbocycles. The lowest BCUT2D eigenvalue weighted by Crippen LogP contribution is -2.13. The van der Waals surface area contributed by atoms with Crippen molar-refractivity contribution in [3.63, 3.8) is 0 Å². The fourth-order valence-electron chi connectivity index (χ4n) is 4.02. The molecule has 0 fully saturated rings. The molecular weight excluding hydrogens is 406 g/mol. The van der Waals surface area contributed by atoms with Crippen molar-refractivity contribution in [1.82, 2.24) is 9.47 Å². The van der Waals surface area contributed by atoms with Crippen LogP contribution >= 0.6 is 0 Å². The number of Topliss-reactive ketones (excluding diaryl/α,β-unsaturated/α-hetero) is 1. The molecule has 0 spiro atoms. The minimum Gasteiger partial charge on any atom is -0.314 e. The van der Waals surface area contributed by atoms with Crippen molar-refractivity contribution < 1.29 is 4.79 Å². The van der Waals surface area contributed by atoms with Gasteiger partial charge in [-0.25, -0.2) is 0 Å². The van der Waals surface area contributed by atoms with Crippen LogP contribution in [0.25, 0.3) is 11.3 Å². The van der Waals surface area contributed by atoms with Gasteiger partial charge in [0.1, 0.15) is 0 Å². The molecular formula is C29H45N3O. The summed E-state index contributed by atoms with van der Waals surface area (Å²) in [4.78, 5) is 17.7. The minimum atomic E-state index is 0.0945. The molecule has 0 saturated heterocycles. The molecule has 1 unspecified atom stereocenters. The lowest BCUT2D eigenvalue weighted by molar-refractivity contribution is 0.101. The molecule has 0 bridgehead atoms. The fourth-order valence-corrected chi connectivity index (χ4v) is 4.02. The van der Waals surface area contributed by atoms with E-state index in [4.69, 9.17) is 0 Å². The number of nitrogens with zero attached hydrogens (tertiary/aromatic N) is 3. The molecule has 0 saturated carbocycles. The van der Waals surface area contributed by atoms with Crippen molar-refractivity contribution in [3.05, 3.63) is 59.0 Å². The molecule has 1 aromatic carbocycles. The number of hydrogen-bond donors (Lipinski definition) is 0. The largest absolute Gasteiger partial charge is 0.314 e. The second kappa shape index (κ2) is 14.6. The highest BCUT2D eigenvalue weighted by Gasteiger charge is 2.23. The van der Waals surface area contributed by atoms with Gasteiger partial charge in [-0.1, -0.05) is 34.1 Å². The topological polar surface area (TPSA) is 37.6 Å². The van der Waals surface area contributed by atoms with Gasteiger partial charge in [0.05, 0.1) is 5.69 Å². The summed E-state index contributed by atoms with van der Waals surface area (Å²) < 4.78 is 2.32. The van der Waals surface area contributed by atoms with E-state index in [9.17, 15) is 4.79 Å². The molecule has 1 atom stereocenters. The van der Waals surface area contributed by atoms with Gasteiger partial charge in [0, 0.05) is 23.1 Å². The van der Waals surface area contributed by atoms with Gasteiger partial charge in [-0.2, -0.15) is 0 Å². The Morgan fingerprint density at radius 1 is 1.21 bits per heavy atom. The highest BCUT2D eigenvalue weighted by atomic mass is 16.1. The summed E-state index contributed by atoms with van der Waals surface area (Å²) >= 11 is 0. The number of aliphatic imine (C=N–C) groups is 1. The summed E-state index contributed by atoms with van der Waals surface area (Å²) in [5.74, 6) is 0.820. The quantitative estimate of drug-likeness (QED) is 0.329. The van der Waals surface area contributed by atoms with Crippen LogP contribution in [0.15, 0.2) is 41.5 Å².